The Labute approximate surface area is 384 Å². The molecule has 20 nitrogen and oxygen atoms in total. The molecule has 0 radical (unpaired) electrons. The fourth-order valence-electron chi connectivity index (χ4n) is 7.78. The number of hydrogen-bond acceptors (Lipinski definition) is 12. The maximum atomic E-state index is 14.9. The second-order valence-electron chi connectivity index (χ2n) is 17.1. The second kappa shape index (κ2) is 24.6. The van der Waals surface area contributed by atoms with Crippen LogP contribution in [0, 0.1) is 5.92 Å². The number of phenolic OH excluding ortho intramolecular Hbond substituents is 1. The number of phenols is 1. The van der Waals surface area contributed by atoms with Crippen LogP contribution in [-0.2, 0) is 60.7 Å². The van der Waals surface area contributed by atoms with Gasteiger partial charge in [-0.2, -0.15) is 0 Å². The van der Waals surface area contributed by atoms with Gasteiger partial charge in [-0.25, -0.2) is 4.79 Å². The topological polar surface area (TPSA) is 296 Å². The molecule has 66 heavy (non-hydrogen) atoms. The largest absolute Gasteiger partial charge is 0.508 e. The number of likely N-dealkylation sites (N-methyl/N-ethyl adjacent to an activating group) is 1. The number of unbranched alkanes of at least 4 members (excludes halogenated alkanes) is 2. The maximum absolute atomic E-state index is 14.9. The molecule has 2 heterocycles. The fourth-order valence-corrected chi connectivity index (χ4v) is 7.78. The zero-order chi connectivity index (χ0) is 48.7. The first kappa shape index (κ1) is 52.1. The molecule has 20 heteroatoms. The number of carbonyl (C=O) groups is 9. The van der Waals surface area contributed by atoms with Gasteiger partial charge in [-0.1, -0.05) is 76.1 Å². The smallest absolute Gasteiger partial charge is 0.329 e. The Bertz CT molecular complexity index is 2050. The number of benzene rings is 2. The van der Waals surface area contributed by atoms with Gasteiger partial charge in [0.05, 0.1) is 6.54 Å². The molecule has 0 spiro atoms. The molecule has 2 aromatic rings. The van der Waals surface area contributed by atoms with Crippen molar-refractivity contribution in [2.45, 2.75) is 140 Å². The summed E-state index contributed by atoms with van der Waals surface area (Å²) in [6.45, 7) is 5.93. The summed E-state index contributed by atoms with van der Waals surface area (Å²) < 4.78 is 5.78. The minimum atomic E-state index is -1.72. The minimum absolute atomic E-state index is 0.0541. The second-order valence-corrected chi connectivity index (χ2v) is 17.1. The average Bonchev–Trinajstić information content (AvgIpc) is 3.27. The van der Waals surface area contributed by atoms with Crippen LogP contribution in [0.1, 0.15) is 90.2 Å². The summed E-state index contributed by atoms with van der Waals surface area (Å²) in [7, 11) is 1.35. The van der Waals surface area contributed by atoms with Gasteiger partial charge in [0, 0.05) is 32.7 Å². The zero-order valence-electron chi connectivity index (χ0n) is 38.1. The summed E-state index contributed by atoms with van der Waals surface area (Å²) in [5.74, 6) is -8.27. The number of primary amides is 1. The van der Waals surface area contributed by atoms with Crippen LogP contribution in [0.2, 0.25) is 0 Å². The average molecular weight is 921 g/mol. The molecule has 360 valence electrons. The van der Waals surface area contributed by atoms with Crippen LogP contribution in [0.4, 0.5) is 0 Å². The monoisotopic (exact) mass is 920 g/mol. The number of nitrogens with two attached hydrogens (primary N) is 1. The maximum Gasteiger partial charge on any atom is 0.329 e. The van der Waals surface area contributed by atoms with E-state index >= 15 is 0 Å². The van der Waals surface area contributed by atoms with Crippen LogP contribution < -0.4 is 32.3 Å². The number of esters is 1. The molecule has 4 rings (SSSR count). The van der Waals surface area contributed by atoms with E-state index in [1.807, 2.05) is 6.92 Å². The van der Waals surface area contributed by atoms with Gasteiger partial charge in [-0.15, -0.1) is 0 Å². The first-order valence-corrected chi connectivity index (χ1v) is 22.4. The van der Waals surface area contributed by atoms with Crippen LogP contribution in [-0.4, -0.2) is 135 Å². The van der Waals surface area contributed by atoms with Gasteiger partial charge < -0.3 is 57.1 Å². The molecule has 2 aliphatic heterocycles. The van der Waals surface area contributed by atoms with Crippen molar-refractivity contribution >= 4 is 53.2 Å². The Balaban J connectivity index is 1.83. The number of fused-ring (bicyclic) bond motifs is 2. The normalized spacial score (nSPS) is 24.8. The lowest BCUT2D eigenvalue weighted by molar-refractivity contribution is -0.165. The molecule has 0 saturated carbocycles. The van der Waals surface area contributed by atoms with Crippen molar-refractivity contribution in [2.24, 2.45) is 11.7 Å². The van der Waals surface area contributed by atoms with Crippen molar-refractivity contribution in [3.63, 3.8) is 0 Å². The van der Waals surface area contributed by atoms with Gasteiger partial charge in [0.15, 0.2) is 0 Å². The number of nitrogens with zero attached hydrogens (tertiary/aromatic N) is 2. The highest BCUT2D eigenvalue weighted by molar-refractivity contribution is 5.98. The standard InChI is InChI=1S/C46H64N8O12/c1-6-7-9-14-36(57)48-25-37(58)51-40-27(4)66-46(65)39(26(2)3)52-42(61)33(23-29-15-17-30(55)18-16-29)53(5)45(64)34(24-28-12-10-8-11-13-28)54-38(59)22-20-32(44(54)63)50-41(60)31(49-43(40)62)19-21-35(47)56/h8,10-13,15-18,26-27,31-34,38-40,55,59H,6-7,9,14,19-25H2,1-5H3,(H2,47,56)(H,48,57)(H,49,62)(H,50,60)(H,51,58)(H,52,61). The lowest BCUT2D eigenvalue weighted by atomic mass is 9.95. The van der Waals surface area contributed by atoms with E-state index in [1.165, 1.54) is 26.1 Å². The van der Waals surface area contributed by atoms with Crippen molar-refractivity contribution in [1.82, 2.24) is 36.4 Å². The molecule has 0 aliphatic carbocycles. The Morgan fingerprint density at radius 1 is 0.818 bits per heavy atom. The van der Waals surface area contributed by atoms with Gasteiger partial charge in [0.25, 0.3) is 0 Å². The van der Waals surface area contributed by atoms with E-state index < -0.39 is 121 Å². The van der Waals surface area contributed by atoms with E-state index in [0.29, 0.717) is 17.5 Å². The number of piperidine rings is 1. The summed E-state index contributed by atoms with van der Waals surface area (Å²) >= 11 is 0. The van der Waals surface area contributed by atoms with Crippen LogP contribution in [0.15, 0.2) is 54.6 Å². The number of nitrogens with one attached hydrogen (secondary N) is 5. The van der Waals surface area contributed by atoms with E-state index in [4.69, 9.17) is 10.5 Å². The first-order chi connectivity index (χ1) is 31.3. The number of aliphatic hydroxyl groups is 1. The molecule has 8 unspecified atom stereocenters. The van der Waals surface area contributed by atoms with Crippen LogP contribution in [0.3, 0.4) is 0 Å². The van der Waals surface area contributed by atoms with Crippen LogP contribution in [0.25, 0.3) is 0 Å². The Morgan fingerprint density at radius 3 is 2.11 bits per heavy atom. The zero-order valence-corrected chi connectivity index (χ0v) is 38.1. The number of rotatable bonds is 15. The Hall–Kier alpha value is -6.57. The predicted molar refractivity (Wildman–Crippen MR) is 238 cm³/mol. The summed E-state index contributed by atoms with van der Waals surface area (Å²) in [5.41, 5.74) is 6.53. The first-order valence-electron chi connectivity index (χ1n) is 22.4. The lowest BCUT2D eigenvalue weighted by Gasteiger charge is -2.43. The van der Waals surface area contributed by atoms with Crippen molar-refractivity contribution < 1.29 is 58.1 Å². The highest BCUT2D eigenvalue weighted by Gasteiger charge is 2.45. The Morgan fingerprint density at radius 2 is 1.47 bits per heavy atom. The van der Waals surface area contributed by atoms with Crippen molar-refractivity contribution in [3.05, 3.63) is 65.7 Å². The van der Waals surface area contributed by atoms with Gasteiger partial charge in [-0.3, -0.25) is 38.4 Å². The van der Waals surface area contributed by atoms with Gasteiger partial charge in [0.2, 0.25) is 47.3 Å². The van der Waals surface area contributed by atoms with E-state index in [-0.39, 0.29) is 44.3 Å². The number of ether oxygens (including phenoxy) is 1. The molecule has 8 atom stereocenters. The molecule has 2 aliphatic rings. The third kappa shape index (κ3) is 14.7. The van der Waals surface area contributed by atoms with E-state index in [9.17, 15) is 53.4 Å². The number of cyclic esters (lactones) is 1. The molecule has 2 bridgehead atoms. The highest BCUT2D eigenvalue weighted by atomic mass is 16.5. The summed E-state index contributed by atoms with van der Waals surface area (Å²) in [5, 5.41) is 34.2. The molecule has 9 N–H and O–H groups in total. The third-order valence-corrected chi connectivity index (χ3v) is 11.6. The molecule has 2 saturated heterocycles. The highest BCUT2D eigenvalue weighted by Crippen LogP contribution is 2.25. The number of amides is 8. The summed E-state index contributed by atoms with van der Waals surface area (Å²) in [4.78, 5) is 126. The van der Waals surface area contributed by atoms with Gasteiger partial charge >= 0.3 is 5.97 Å². The minimum Gasteiger partial charge on any atom is -0.508 e. The number of hydrogen-bond donors (Lipinski definition) is 8. The molecule has 8 amide bonds. The molecular formula is C46H64N8O12. The van der Waals surface area contributed by atoms with E-state index in [0.717, 1.165) is 22.6 Å². The number of carbonyl (C=O) groups excluding carboxylic acids is 9. The van der Waals surface area contributed by atoms with Gasteiger partial charge in [0.1, 0.15) is 54.3 Å². The van der Waals surface area contributed by atoms with E-state index in [2.05, 4.69) is 26.6 Å². The molecule has 0 aromatic heterocycles. The van der Waals surface area contributed by atoms with Crippen LogP contribution >= 0.6 is 0 Å². The van der Waals surface area contributed by atoms with Crippen LogP contribution in [0.5, 0.6) is 5.75 Å². The lowest BCUT2D eigenvalue weighted by Crippen LogP contribution is -2.65. The van der Waals surface area contributed by atoms with Gasteiger partial charge in [-0.05, 0) is 61.8 Å². The third-order valence-electron chi connectivity index (χ3n) is 11.6. The summed E-state index contributed by atoms with van der Waals surface area (Å²) in [6.07, 6.45) is -1.86. The summed E-state index contributed by atoms with van der Waals surface area (Å²) in [6, 6.07) is 5.67. The fraction of sp³-hybridized carbons (Fsp3) is 0.543. The predicted octanol–water partition coefficient (Wildman–Crippen LogP) is -0.184. The van der Waals surface area contributed by atoms with E-state index in [1.54, 1.807) is 56.3 Å². The number of aromatic hydroxyl groups is 1. The van der Waals surface area contributed by atoms with Crippen molar-refractivity contribution in [1.29, 1.82) is 0 Å². The van der Waals surface area contributed by atoms with Crippen molar-refractivity contribution in [2.75, 3.05) is 13.6 Å². The molecule has 2 fully saturated rings. The molecule has 2 aromatic carbocycles. The number of aliphatic hydroxyl groups excluding tert-OH is 1. The van der Waals surface area contributed by atoms with Crippen molar-refractivity contribution in [3.8, 4) is 5.75 Å². The SMILES string of the molecule is CCCCCC(=O)NCC(=O)NC1C(=O)NC(CCC(N)=O)C(=O)NC2CCC(O)N(C2=O)C(Cc2ccccc2)C(=O)N(C)C(Cc2ccc(O)cc2)C(=O)NC(C(C)C)C(=O)OC1C. The molecular weight excluding hydrogens is 857 g/mol. The quantitative estimate of drug-likeness (QED) is 0.0853. The Kier molecular flexibility index (Phi) is 19.4.